The summed E-state index contributed by atoms with van der Waals surface area (Å²) in [5.74, 6) is -0.887. The molecule has 22 heteroatoms. The van der Waals surface area contributed by atoms with Crippen LogP contribution >= 0.6 is 22.9 Å². The lowest BCUT2D eigenvalue weighted by atomic mass is 9.91. The minimum Gasteiger partial charge on any atom is -0.508 e. The Kier molecular flexibility index (Phi) is 19.1. The number of piperazine rings is 1. The number of nitrogens with zero attached hydrogens (tertiary/aromatic N) is 8. The number of phenols is 1. The number of β-amino-alcohol motifs (C(OH)–C–C–N with tert-alkyl or cyclic N) is 1. The van der Waals surface area contributed by atoms with Gasteiger partial charge in [0.1, 0.15) is 53.3 Å². The molecule has 10 rings (SSSR count). The zero-order chi connectivity index (χ0) is 59.2. The average Bonchev–Trinajstić information content (AvgIpc) is 4.42. The van der Waals surface area contributed by atoms with Gasteiger partial charge in [0, 0.05) is 87.9 Å². The molecule has 3 aromatic heterocycles. The summed E-state index contributed by atoms with van der Waals surface area (Å²) < 4.78 is 47.7. The van der Waals surface area contributed by atoms with Gasteiger partial charge in [-0.05, 0) is 91.8 Å². The molecule has 0 bridgehead atoms. The SMILES string of the molecule is C=CC(=O)N1CCN(c2nc(O[C@H](C)CN3CCC(OCCOCCOc4cc(-c5scnc5C)ccc4CNC(=O)[C@@H]4C[C@@H](O)CN4C(=O)[C@@H](c4cc(C)no4)C(C)C)CC3)nc3c(F)c(-c4cc(O)cc5ccccc45)c(Cl)cc23)CC1. The number of rotatable bonds is 22. The van der Waals surface area contributed by atoms with Gasteiger partial charge < -0.3 is 53.7 Å². The third kappa shape index (κ3) is 13.6. The number of benzene rings is 4. The molecule has 84 heavy (non-hydrogen) atoms. The van der Waals surface area contributed by atoms with Gasteiger partial charge in [-0.1, -0.05) is 73.6 Å². The number of hydrogen-bond donors (Lipinski definition) is 3. The van der Waals surface area contributed by atoms with Crippen LogP contribution in [0.2, 0.25) is 5.02 Å². The van der Waals surface area contributed by atoms with E-state index in [0.29, 0.717) is 91.9 Å². The van der Waals surface area contributed by atoms with Crippen LogP contribution < -0.4 is 19.7 Å². The van der Waals surface area contributed by atoms with Gasteiger partial charge >= 0.3 is 6.01 Å². The van der Waals surface area contributed by atoms with Crippen molar-refractivity contribution in [1.29, 1.82) is 0 Å². The number of aliphatic hydroxyl groups is 1. The molecule has 0 spiro atoms. The van der Waals surface area contributed by atoms with Crippen LogP contribution in [-0.2, 0) is 30.4 Å². The number of aryl methyl sites for hydroxylation is 2. The Morgan fingerprint density at radius 1 is 0.952 bits per heavy atom. The number of anilines is 1. The van der Waals surface area contributed by atoms with E-state index in [1.807, 2.05) is 75.1 Å². The Morgan fingerprint density at radius 2 is 1.73 bits per heavy atom. The standard InChI is InChI=1S/C62H71ClFN9O10S/c1-7-53(76)71-18-20-72(21-19-71)59-48-31-49(63)55(47-29-43(74)27-40-10-8-9-11-46(40)47)56(64)57(48)67-62(68-59)82-38(5)33-70-16-14-45(15-17-70)80-24-22-79-23-25-81-51-28-41(58-39(6)66-35-84-58)12-13-42(51)32-65-60(77)50-30-44(75)34-73(50)61(78)54(36(2)3)52-26-37(4)69-83-52/h7-13,26-29,31,35-36,38,44-45,50,54,74-75H,1,14-25,30,32-34H2,2-6H3,(H,65,77)/t38-,44-,50+,54-/m1/s1. The molecule has 3 amide bonds. The number of aromatic hydroxyl groups is 1. The molecule has 19 nitrogen and oxygen atoms in total. The normalized spacial score (nSPS) is 17.8. The second kappa shape index (κ2) is 26.8. The number of fused-ring (bicyclic) bond motifs is 2. The number of nitrogens with one attached hydrogen (secondary N) is 1. The van der Waals surface area contributed by atoms with Gasteiger partial charge in [-0.3, -0.25) is 19.3 Å². The zero-order valence-corrected chi connectivity index (χ0v) is 49.5. The lowest BCUT2D eigenvalue weighted by Crippen LogP contribution is -2.48. The molecule has 7 aromatic rings. The summed E-state index contributed by atoms with van der Waals surface area (Å²) >= 11 is 8.48. The third-order valence-corrected chi connectivity index (χ3v) is 17.0. The summed E-state index contributed by atoms with van der Waals surface area (Å²) in [4.78, 5) is 62.7. The van der Waals surface area contributed by atoms with Crippen molar-refractivity contribution < 1.29 is 52.5 Å². The van der Waals surface area contributed by atoms with Gasteiger partial charge in [0.15, 0.2) is 5.82 Å². The number of carbonyl (C=O) groups is 3. The van der Waals surface area contributed by atoms with Crippen LogP contribution in [0.5, 0.6) is 17.5 Å². The van der Waals surface area contributed by atoms with E-state index in [4.69, 9.17) is 40.1 Å². The first-order chi connectivity index (χ1) is 40.5. The maximum atomic E-state index is 17.2. The number of halogens is 2. The maximum absolute atomic E-state index is 17.2. The Morgan fingerprint density at radius 3 is 2.45 bits per heavy atom. The van der Waals surface area contributed by atoms with Gasteiger partial charge in [-0.25, -0.2) is 9.37 Å². The smallest absolute Gasteiger partial charge is 0.319 e. The fourth-order valence-electron chi connectivity index (χ4n) is 11.5. The fraction of sp³-hybridized carbons (Fsp3) is 0.435. The predicted octanol–water partition coefficient (Wildman–Crippen LogP) is 8.87. The third-order valence-electron chi connectivity index (χ3n) is 15.7. The van der Waals surface area contributed by atoms with Crippen molar-refractivity contribution in [3.05, 3.63) is 118 Å². The van der Waals surface area contributed by atoms with E-state index in [0.717, 1.165) is 53.0 Å². The Balaban J connectivity index is 0.714. The summed E-state index contributed by atoms with van der Waals surface area (Å²) in [5, 5.41) is 30.3. The highest BCUT2D eigenvalue weighted by Gasteiger charge is 2.43. The molecule has 3 aliphatic rings. The largest absolute Gasteiger partial charge is 0.508 e. The Labute approximate surface area is 496 Å². The molecule has 3 aliphatic heterocycles. The molecule has 0 unspecified atom stereocenters. The lowest BCUT2D eigenvalue weighted by Gasteiger charge is -2.35. The summed E-state index contributed by atoms with van der Waals surface area (Å²) in [6.07, 6.45) is 1.83. The molecule has 4 aromatic carbocycles. The number of thiazole rings is 1. The quantitative estimate of drug-likeness (QED) is 0.0426. The summed E-state index contributed by atoms with van der Waals surface area (Å²) in [7, 11) is 0. The van der Waals surface area contributed by atoms with Crippen molar-refractivity contribution >= 4 is 68.2 Å². The first-order valence-electron chi connectivity index (χ1n) is 28.6. The highest BCUT2D eigenvalue weighted by atomic mass is 35.5. The van der Waals surface area contributed by atoms with Crippen molar-refractivity contribution in [3.63, 3.8) is 0 Å². The number of amides is 3. The van der Waals surface area contributed by atoms with Gasteiger partial charge in [0.25, 0.3) is 0 Å². The molecular weight excluding hydrogens is 1120 g/mol. The van der Waals surface area contributed by atoms with E-state index >= 15 is 4.39 Å². The van der Waals surface area contributed by atoms with E-state index in [-0.39, 0.29) is 89.8 Å². The maximum Gasteiger partial charge on any atom is 0.319 e. The second-order valence-electron chi connectivity index (χ2n) is 22.1. The minimum absolute atomic E-state index is 0.00881. The fourth-order valence-corrected chi connectivity index (χ4v) is 12.6. The predicted molar refractivity (Wildman–Crippen MR) is 319 cm³/mol. The first-order valence-corrected chi connectivity index (χ1v) is 29.8. The number of likely N-dealkylation sites (tertiary alicyclic amines) is 2. The van der Waals surface area contributed by atoms with Crippen LogP contribution in [0.25, 0.3) is 43.2 Å². The number of hydrogen-bond acceptors (Lipinski definition) is 17. The van der Waals surface area contributed by atoms with E-state index < -0.39 is 23.9 Å². The zero-order valence-electron chi connectivity index (χ0n) is 47.9. The Hall–Kier alpha value is -7.27. The molecule has 3 saturated heterocycles. The molecule has 3 N–H and O–H groups in total. The van der Waals surface area contributed by atoms with Crippen molar-refractivity contribution in [2.75, 3.05) is 83.7 Å². The summed E-state index contributed by atoms with van der Waals surface area (Å²) in [5.41, 5.74) is 5.55. The Bertz CT molecular complexity index is 3510. The number of aromatic nitrogens is 4. The minimum atomic E-state index is -0.871. The highest BCUT2D eigenvalue weighted by Crippen LogP contribution is 2.43. The number of piperidine rings is 1. The summed E-state index contributed by atoms with van der Waals surface area (Å²) in [6.45, 7) is 18.4. The van der Waals surface area contributed by atoms with Crippen LogP contribution in [-0.4, -0.2) is 166 Å². The number of aliphatic hydroxyl groups excluding tert-OH is 1. The van der Waals surface area contributed by atoms with Crippen LogP contribution in [0.15, 0.2) is 89.4 Å². The lowest BCUT2D eigenvalue weighted by molar-refractivity contribution is -0.141. The van der Waals surface area contributed by atoms with Crippen LogP contribution in [0.1, 0.15) is 68.7 Å². The topological polar surface area (TPSA) is 218 Å². The molecular formula is C62H71ClFN9O10S. The van der Waals surface area contributed by atoms with Crippen LogP contribution in [0, 0.1) is 25.6 Å². The van der Waals surface area contributed by atoms with Crippen LogP contribution in [0.3, 0.4) is 0 Å². The monoisotopic (exact) mass is 1190 g/mol. The van der Waals surface area contributed by atoms with Crippen molar-refractivity contribution in [2.45, 2.75) is 90.7 Å². The van der Waals surface area contributed by atoms with Crippen molar-refractivity contribution in [2.24, 2.45) is 5.92 Å². The van der Waals surface area contributed by atoms with Gasteiger partial charge in [0.05, 0.1) is 58.8 Å². The van der Waals surface area contributed by atoms with Crippen molar-refractivity contribution in [1.82, 2.24) is 40.1 Å². The molecule has 6 heterocycles. The van der Waals surface area contributed by atoms with E-state index in [2.05, 4.69) is 31.9 Å². The first kappa shape index (κ1) is 59.9. The van der Waals surface area contributed by atoms with Gasteiger partial charge in [-0.2, -0.15) is 9.97 Å². The molecule has 0 aliphatic carbocycles. The number of ether oxygens (including phenoxy) is 4. The van der Waals surface area contributed by atoms with E-state index in [9.17, 15) is 24.6 Å². The van der Waals surface area contributed by atoms with Gasteiger partial charge in [-0.15, -0.1) is 11.3 Å². The number of phenolic OH excluding ortho intramolecular Hbond substituents is 1. The average molecular weight is 1190 g/mol. The summed E-state index contributed by atoms with van der Waals surface area (Å²) in [6, 6.07) is 18.9. The second-order valence-corrected chi connectivity index (χ2v) is 23.3. The molecule has 0 saturated carbocycles. The molecule has 444 valence electrons. The molecule has 0 radical (unpaired) electrons. The van der Waals surface area contributed by atoms with Crippen LogP contribution in [0.4, 0.5) is 10.2 Å². The van der Waals surface area contributed by atoms with E-state index in [1.54, 1.807) is 35.5 Å². The highest BCUT2D eigenvalue weighted by molar-refractivity contribution is 7.13. The molecule has 4 atom stereocenters. The van der Waals surface area contributed by atoms with E-state index in [1.165, 1.54) is 28.4 Å². The molecule has 3 fully saturated rings. The van der Waals surface area contributed by atoms with Crippen molar-refractivity contribution in [3.8, 4) is 39.1 Å². The number of carbonyl (C=O) groups excluding carboxylic acids is 3. The van der Waals surface area contributed by atoms with Gasteiger partial charge in [0.2, 0.25) is 17.7 Å².